The van der Waals surface area contributed by atoms with Gasteiger partial charge in [-0.1, -0.05) is 109 Å². The Morgan fingerprint density at radius 2 is 1.32 bits per heavy atom. The number of benzene rings is 1. The number of ether oxygens (including phenoxy) is 3. The molecule has 0 aromatic heterocycles. The maximum Gasteiger partial charge on any atom is 0.165 e. The second-order valence-electron chi connectivity index (χ2n) is 9.46. The summed E-state index contributed by atoms with van der Waals surface area (Å²) < 4.78 is 30.0. The molecule has 0 radical (unpaired) electrons. The predicted octanol–water partition coefficient (Wildman–Crippen LogP) is 7.99. The van der Waals surface area contributed by atoms with Gasteiger partial charge in [-0.2, -0.15) is 0 Å². The summed E-state index contributed by atoms with van der Waals surface area (Å²) in [5.74, 6) is -0.200. The maximum absolute atomic E-state index is 13.7. The molecule has 4 nitrogen and oxygen atoms in total. The van der Waals surface area contributed by atoms with Gasteiger partial charge in [0.05, 0.1) is 26.9 Å². The first-order valence-electron chi connectivity index (χ1n) is 13.8. The van der Waals surface area contributed by atoms with Gasteiger partial charge in [-0.05, 0) is 24.1 Å². The summed E-state index contributed by atoms with van der Waals surface area (Å²) in [6, 6.07) is 4.73. The van der Waals surface area contributed by atoms with E-state index in [1.54, 1.807) is 12.1 Å². The molecule has 0 bridgehead atoms. The van der Waals surface area contributed by atoms with Gasteiger partial charge in [-0.25, -0.2) is 4.39 Å². The first-order valence-corrected chi connectivity index (χ1v) is 13.8. The highest BCUT2D eigenvalue weighted by Gasteiger charge is 2.10. The Morgan fingerprint density at radius 1 is 0.794 bits per heavy atom. The van der Waals surface area contributed by atoms with Gasteiger partial charge < -0.3 is 19.3 Å². The highest BCUT2D eigenvalue weighted by atomic mass is 19.1. The van der Waals surface area contributed by atoms with E-state index in [0.29, 0.717) is 18.8 Å². The van der Waals surface area contributed by atoms with Crippen LogP contribution in [0.4, 0.5) is 4.39 Å². The first-order chi connectivity index (χ1) is 16.7. The summed E-state index contributed by atoms with van der Waals surface area (Å²) in [6.45, 7) is 3.44. The van der Waals surface area contributed by atoms with Crippen LogP contribution in [-0.4, -0.2) is 38.1 Å². The second-order valence-corrected chi connectivity index (χ2v) is 9.46. The van der Waals surface area contributed by atoms with E-state index in [-0.39, 0.29) is 19.0 Å². The molecule has 198 valence electrons. The van der Waals surface area contributed by atoms with E-state index >= 15 is 0 Å². The molecule has 1 rings (SSSR count). The standard InChI is InChI=1S/C29H51FO4/c1-3-4-5-6-7-8-9-10-11-12-13-14-15-16-17-18-21-33-25-27(23-31)34-24-26-19-20-29(32-2)28(30)22-26/h19-20,22,27,31H,3-18,21,23-25H2,1-2H3/t27-/m0/s1. The molecule has 0 fully saturated rings. The lowest BCUT2D eigenvalue weighted by Gasteiger charge is -2.16. The van der Waals surface area contributed by atoms with Gasteiger partial charge in [0.25, 0.3) is 0 Å². The van der Waals surface area contributed by atoms with Crippen LogP contribution in [-0.2, 0) is 16.1 Å². The topological polar surface area (TPSA) is 47.9 Å². The summed E-state index contributed by atoms with van der Waals surface area (Å²) in [5, 5.41) is 9.49. The molecule has 0 aliphatic carbocycles. The third kappa shape index (κ3) is 16.5. The van der Waals surface area contributed by atoms with Crippen LogP contribution in [0.1, 0.15) is 115 Å². The molecule has 1 aromatic carbocycles. The zero-order chi connectivity index (χ0) is 24.7. The molecule has 0 aliphatic rings. The van der Waals surface area contributed by atoms with Crippen molar-refractivity contribution in [3.8, 4) is 5.75 Å². The number of hydrogen-bond acceptors (Lipinski definition) is 4. The van der Waals surface area contributed by atoms with Gasteiger partial charge >= 0.3 is 0 Å². The van der Waals surface area contributed by atoms with E-state index in [9.17, 15) is 9.50 Å². The number of hydrogen-bond donors (Lipinski definition) is 1. The third-order valence-electron chi connectivity index (χ3n) is 6.35. The van der Waals surface area contributed by atoms with Crippen molar-refractivity contribution in [1.82, 2.24) is 0 Å². The van der Waals surface area contributed by atoms with E-state index in [1.807, 2.05) is 0 Å². The number of aliphatic hydroxyl groups excluding tert-OH is 1. The predicted molar refractivity (Wildman–Crippen MR) is 139 cm³/mol. The van der Waals surface area contributed by atoms with Crippen molar-refractivity contribution in [2.45, 2.75) is 122 Å². The lowest BCUT2D eigenvalue weighted by Crippen LogP contribution is -2.24. The fraction of sp³-hybridized carbons (Fsp3) is 0.793. The normalized spacial score (nSPS) is 12.2. The van der Waals surface area contributed by atoms with Crippen LogP contribution in [0.3, 0.4) is 0 Å². The molecule has 1 aromatic rings. The van der Waals surface area contributed by atoms with Crippen LogP contribution in [0.15, 0.2) is 18.2 Å². The Balaban J connectivity index is 1.87. The van der Waals surface area contributed by atoms with Crippen molar-refractivity contribution in [3.63, 3.8) is 0 Å². The third-order valence-corrected chi connectivity index (χ3v) is 6.35. The van der Waals surface area contributed by atoms with Crippen LogP contribution in [0.2, 0.25) is 0 Å². The fourth-order valence-electron chi connectivity index (χ4n) is 4.13. The molecule has 0 aliphatic heterocycles. The second kappa shape index (κ2) is 22.3. The minimum absolute atomic E-state index is 0.113. The number of aliphatic hydroxyl groups is 1. The SMILES string of the molecule is CCCCCCCCCCCCCCCCCCOC[C@H](CO)OCc1ccc(OC)c(F)c1. The van der Waals surface area contributed by atoms with Crippen LogP contribution in [0, 0.1) is 5.82 Å². The van der Waals surface area contributed by atoms with Crippen molar-refractivity contribution < 1.29 is 23.7 Å². The van der Waals surface area contributed by atoms with Gasteiger partial charge in [-0.15, -0.1) is 0 Å². The molecule has 1 N–H and O–H groups in total. The monoisotopic (exact) mass is 482 g/mol. The average molecular weight is 483 g/mol. The van der Waals surface area contributed by atoms with E-state index in [2.05, 4.69) is 6.92 Å². The summed E-state index contributed by atoms with van der Waals surface area (Å²) in [4.78, 5) is 0. The van der Waals surface area contributed by atoms with Crippen molar-refractivity contribution >= 4 is 0 Å². The van der Waals surface area contributed by atoms with Crippen molar-refractivity contribution in [1.29, 1.82) is 0 Å². The summed E-state index contributed by atoms with van der Waals surface area (Å²) in [5.41, 5.74) is 0.703. The average Bonchev–Trinajstić information content (AvgIpc) is 2.85. The molecule has 0 heterocycles. The van der Waals surface area contributed by atoms with E-state index in [0.717, 1.165) is 6.42 Å². The van der Waals surface area contributed by atoms with Gasteiger partial charge in [0.1, 0.15) is 6.10 Å². The Kier molecular flexibility index (Phi) is 20.2. The minimum Gasteiger partial charge on any atom is -0.494 e. The first kappa shape index (κ1) is 30.9. The number of unbranched alkanes of at least 4 members (excludes halogenated alkanes) is 15. The Bertz CT molecular complexity index is 581. The Morgan fingerprint density at radius 3 is 1.79 bits per heavy atom. The van der Waals surface area contributed by atoms with E-state index < -0.39 is 11.9 Å². The summed E-state index contributed by atoms with van der Waals surface area (Å²) in [6.07, 6.45) is 21.3. The fourth-order valence-corrected chi connectivity index (χ4v) is 4.13. The highest BCUT2D eigenvalue weighted by Crippen LogP contribution is 2.18. The Labute approximate surface area is 208 Å². The van der Waals surface area contributed by atoms with E-state index in [4.69, 9.17) is 14.2 Å². The molecule has 1 atom stereocenters. The quantitative estimate of drug-likeness (QED) is 0.152. The Hall–Kier alpha value is -1.17. The number of rotatable bonds is 24. The van der Waals surface area contributed by atoms with Crippen LogP contribution in [0.25, 0.3) is 0 Å². The lowest BCUT2D eigenvalue weighted by molar-refractivity contribution is -0.0503. The maximum atomic E-state index is 13.7. The van der Waals surface area contributed by atoms with Crippen molar-refractivity contribution in [2.24, 2.45) is 0 Å². The molecule has 0 unspecified atom stereocenters. The zero-order valence-electron chi connectivity index (χ0n) is 22.0. The van der Waals surface area contributed by atoms with Crippen molar-refractivity contribution in [3.05, 3.63) is 29.6 Å². The molecule has 34 heavy (non-hydrogen) atoms. The number of methoxy groups -OCH3 is 1. The van der Waals surface area contributed by atoms with Crippen LogP contribution in [0.5, 0.6) is 5.75 Å². The smallest absolute Gasteiger partial charge is 0.165 e. The van der Waals surface area contributed by atoms with Gasteiger partial charge in [0.15, 0.2) is 11.6 Å². The summed E-state index contributed by atoms with van der Waals surface area (Å²) >= 11 is 0. The van der Waals surface area contributed by atoms with Gasteiger partial charge in [-0.3, -0.25) is 0 Å². The van der Waals surface area contributed by atoms with E-state index in [1.165, 1.54) is 109 Å². The molecule has 0 saturated carbocycles. The van der Waals surface area contributed by atoms with Crippen LogP contribution < -0.4 is 4.74 Å². The van der Waals surface area contributed by atoms with Crippen LogP contribution >= 0.6 is 0 Å². The zero-order valence-corrected chi connectivity index (χ0v) is 22.0. The van der Waals surface area contributed by atoms with Gasteiger partial charge in [0, 0.05) is 6.61 Å². The van der Waals surface area contributed by atoms with Gasteiger partial charge in [0.2, 0.25) is 0 Å². The molecule has 5 heteroatoms. The lowest BCUT2D eigenvalue weighted by atomic mass is 10.0. The highest BCUT2D eigenvalue weighted by molar-refractivity contribution is 5.28. The number of halogens is 1. The molecular weight excluding hydrogens is 431 g/mol. The molecule has 0 spiro atoms. The molecule has 0 saturated heterocycles. The largest absolute Gasteiger partial charge is 0.494 e. The molecule has 0 amide bonds. The summed E-state index contributed by atoms with van der Waals surface area (Å²) in [7, 11) is 1.44. The molecular formula is C29H51FO4. The minimum atomic E-state index is -0.413. The van der Waals surface area contributed by atoms with Crippen molar-refractivity contribution in [2.75, 3.05) is 26.9 Å².